The van der Waals surface area contributed by atoms with Crippen LogP contribution in [0.15, 0.2) is 24.3 Å². The van der Waals surface area contributed by atoms with Crippen molar-refractivity contribution in [3.8, 4) is 0 Å². The summed E-state index contributed by atoms with van der Waals surface area (Å²) in [6.45, 7) is 4.73. The van der Waals surface area contributed by atoms with Crippen molar-refractivity contribution in [2.75, 3.05) is 22.3 Å². The molecule has 0 unspecified atom stereocenters. The van der Waals surface area contributed by atoms with Gasteiger partial charge in [0.15, 0.2) is 0 Å². The Balaban J connectivity index is 0.00000288. The molecule has 1 aliphatic heterocycles. The van der Waals surface area contributed by atoms with E-state index in [0.717, 1.165) is 19.4 Å². The Hall–Kier alpha value is -1.31. The molecule has 1 saturated heterocycles. The molecule has 1 aliphatic rings. The van der Waals surface area contributed by atoms with Gasteiger partial charge < -0.3 is 10.6 Å². The molecule has 24 heavy (non-hydrogen) atoms. The van der Waals surface area contributed by atoms with E-state index in [1.54, 1.807) is 24.3 Å². The molecule has 1 heterocycles. The molecule has 0 aromatic heterocycles. The van der Waals surface area contributed by atoms with E-state index in [4.69, 9.17) is 0 Å². The van der Waals surface area contributed by atoms with E-state index in [2.05, 4.69) is 22.3 Å². The van der Waals surface area contributed by atoms with Gasteiger partial charge in [-0.3, -0.25) is 9.52 Å². The lowest BCUT2D eigenvalue weighted by atomic mass is 9.92. The molecule has 0 aliphatic carbocycles. The predicted octanol–water partition coefficient (Wildman–Crippen LogP) is 2.59. The highest BCUT2D eigenvalue weighted by atomic mass is 35.5. The fourth-order valence-electron chi connectivity index (χ4n) is 2.77. The summed E-state index contributed by atoms with van der Waals surface area (Å²) in [5, 5.41) is 6.21. The van der Waals surface area contributed by atoms with Gasteiger partial charge in [-0.2, -0.15) is 0 Å². The van der Waals surface area contributed by atoms with Crippen LogP contribution in [0.1, 0.15) is 33.1 Å². The Morgan fingerprint density at radius 3 is 2.71 bits per heavy atom. The van der Waals surface area contributed by atoms with Crippen molar-refractivity contribution in [2.45, 2.75) is 39.2 Å². The Bertz CT molecular complexity index is 652. The summed E-state index contributed by atoms with van der Waals surface area (Å²) >= 11 is 0. The van der Waals surface area contributed by atoms with Crippen molar-refractivity contribution < 1.29 is 13.2 Å². The van der Waals surface area contributed by atoms with Crippen LogP contribution in [0.25, 0.3) is 0 Å². The monoisotopic (exact) mass is 375 g/mol. The SMILES string of the molecule is CCCS(=O)(=O)Nc1cccc(NC(=O)[C@H]2CCN[C@@H](C)C2)c1.Cl. The van der Waals surface area contributed by atoms with Crippen LogP contribution in [0, 0.1) is 5.92 Å². The molecule has 0 saturated carbocycles. The minimum absolute atomic E-state index is 0. The van der Waals surface area contributed by atoms with Crippen LogP contribution in [-0.4, -0.2) is 32.7 Å². The van der Waals surface area contributed by atoms with Crippen molar-refractivity contribution in [1.29, 1.82) is 0 Å². The van der Waals surface area contributed by atoms with Crippen molar-refractivity contribution in [3.05, 3.63) is 24.3 Å². The Kier molecular flexibility index (Phi) is 7.99. The summed E-state index contributed by atoms with van der Waals surface area (Å²) in [5.74, 6) is 0.0647. The van der Waals surface area contributed by atoms with Gasteiger partial charge in [-0.15, -0.1) is 12.4 Å². The largest absolute Gasteiger partial charge is 0.326 e. The van der Waals surface area contributed by atoms with Gasteiger partial charge in [-0.25, -0.2) is 8.42 Å². The first-order valence-electron chi connectivity index (χ1n) is 8.04. The van der Waals surface area contributed by atoms with E-state index in [-0.39, 0.29) is 30.0 Å². The summed E-state index contributed by atoms with van der Waals surface area (Å²) in [6, 6.07) is 7.15. The van der Waals surface area contributed by atoms with Gasteiger partial charge in [0.05, 0.1) is 11.4 Å². The van der Waals surface area contributed by atoms with E-state index in [9.17, 15) is 13.2 Å². The quantitative estimate of drug-likeness (QED) is 0.713. The number of hydrogen-bond acceptors (Lipinski definition) is 4. The Labute approximate surface area is 150 Å². The van der Waals surface area contributed by atoms with Crippen molar-refractivity contribution in [2.24, 2.45) is 5.92 Å². The molecule has 6 nitrogen and oxygen atoms in total. The highest BCUT2D eigenvalue weighted by Gasteiger charge is 2.24. The topological polar surface area (TPSA) is 87.3 Å². The zero-order valence-corrected chi connectivity index (χ0v) is 15.7. The maximum atomic E-state index is 12.3. The summed E-state index contributed by atoms with van der Waals surface area (Å²) in [4.78, 5) is 12.3. The zero-order chi connectivity index (χ0) is 16.9. The standard InChI is InChI=1S/C16H25N3O3S.ClH/c1-3-9-23(21,22)19-15-6-4-5-14(11-15)18-16(20)13-7-8-17-12(2)10-13;/h4-6,11-13,17,19H,3,7-10H2,1-2H3,(H,18,20);1H/t12-,13-;/m0./s1. The van der Waals surface area contributed by atoms with Gasteiger partial charge >= 0.3 is 0 Å². The van der Waals surface area contributed by atoms with Gasteiger partial charge in [0, 0.05) is 17.6 Å². The molecule has 1 aromatic rings. The van der Waals surface area contributed by atoms with Gasteiger partial charge in [0.2, 0.25) is 15.9 Å². The van der Waals surface area contributed by atoms with E-state index in [0.29, 0.717) is 23.8 Å². The second-order valence-corrected chi connectivity index (χ2v) is 7.91. The number of hydrogen-bond donors (Lipinski definition) is 3. The lowest BCUT2D eigenvalue weighted by Gasteiger charge is -2.27. The summed E-state index contributed by atoms with van der Waals surface area (Å²) in [6.07, 6.45) is 2.19. The lowest BCUT2D eigenvalue weighted by molar-refractivity contribution is -0.120. The van der Waals surface area contributed by atoms with Gasteiger partial charge in [-0.1, -0.05) is 13.0 Å². The average molecular weight is 376 g/mol. The van der Waals surface area contributed by atoms with Gasteiger partial charge in [0.1, 0.15) is 0 Å². The minimum atomic E-state index is -3.33. The van der Waals surface area contributed by atoms with E-state index < -0.39 is 10.0 Å². The number of piperidine rings is 1. The first-order valence-corrected chi connectivity index (χ1v) is 9.69. The fourth-order valence-corrected chi connectivity index (χ4v) is 3.90. The second-order valence-electron chi connectivity index (χ2n) is 6.07. The molecule has 3 N–H and O–H groups in total. The lowest BCUT2D eigenvalue weighted by Crippen LogP contribution is -2.40. The van der Waals surface area contributed by atoms with Crippen molar-refractivity contribution in [3.63, 3.8) is 0 Å². The number of amides is 1. The molecule has 0 spiro atoms. The maximum Gasteiger partial charge on any atom is 0.232 e. The molecule has 1 amide bonds. The van der Waals surface area contributed by atoms with E-state index >= 15 is 0 Å². The average Bonchev–Trinajstić information content (AvgIpc) is 2.47. The Morgan fingerprint density at radius 1 is 1.33 bits per heavy atom. The second kappa shape index (κ2) is 9.25. The van der Waals surface area contributed by atoms with Crippen LogP contribution < -0.4 is 15.4 Å². The zero-order valence-electron chi connectivity index (χ0n) is 14.0. The number of carbonyl (C=O) groups excluding carboxylic acids is 1. The highest BCUT2D eigenvalue weighted by Crippen LogP contribution is 2.21. The van der Waals surface area contributed by atoms with Crippen molar-refractivity contribution in [1.82, 2.24) is 5.32 Å². The molecule has 1 fully saturated rings. The first-order chi connectivity index (χ1) is 10.9. The number of nitrogens with one attached hydrogen (secondary N) is 3. The summed E-state index contributed by atoms with van der Waals surface area (Å²) < 4.78 is 26.2. The molecule has 2 atom stereocenters. The molecule has 0 radical (unpaired) electrons. The third-order valence-corrected chi connectivity index (χ3v) is 5.36. The Morgan fingerprint density at radius 2 is 2.04 bits per heavy atom. The van der Waals surface area contributed by atoms with Crippen LogP contribution in [-0.2, 0) is 14.8 Å². The third-order valence-electron chi connectivity index (χ3n) is 3.87. The van der Waals surface area contributed by atoms with Crippen molar-refractivity contribution >= 4 is 39.7 Å². The smallest absolute Gasteiger partial charge is 0.232 e. The highest BCUT2D eigenvalue weighted by molar-refractivity contribution is 7.92. The minimum Gasteiger partial charge on any atom is -0.326 e. The van der Waals surface area contributed by atoms with Crippen LogP contribution in [0.3, 0.4) is 0 Å². The van der Waals surface area contributed by atoms with E-state index in [1.165, 1.54) is 0 Å². The molecule has 0 bridgehead atoms. The van der Waals surface area contributed by atoms with E-state index in [1.807, 2.05) is 6.92 Å². The summed E-state index contributed by atoms with van der Waals surface area (Å²) in [5.41, 5.74) is 1.08. The number of benzene rings is 1. The van der Waals surface area contributed by atoms with Crippen LogP contribution in [0.4, 0.5) is 11.4 Å². The van der Waals surface area contributed by atoms with Crippen LogP contribution in [0.5, 0.6) is 0 Å². The third kappa shape index (κ3) is 6.30. The number of carbonyl (C=O) groups is 1. The molecule has 136 valence electrons. The number of halogens is 1. The number of anilines is 2. The van der Waals surface area contributed by atoms with Crippen LogP contribution >= 0.6 is 12.4 Å². The molecular formula is C16H26ClN3O3S. The maximum absolute atomic E-state index is 12.3. The normalized spacial score (nSPS) is 20.8. The number of sulfonamides is 1. The van der Waals surface area contributed by atoms with Gasteiger partial charge in [0.25, 0.3) is 0 Å². The van der Waals surface area contributed by atoms with Crippen LogP contribution in [0.2, 0.25) is 0 Å². The first kappa shape index (κ1) is 20.7. The van der Waals surface area contributed by atoms with Gasteiger partial charge in [-0.05, 0) is 50.9 Å². The summed E-state index contributed by atoms with van der Waals surface area (Å²) in [7, 11) is -3.33. The molecule has 8 heteroatoms. The molecular weight excluding hydrogens is 350 g/mol. The predicted molar refractivity (Wildman–Crippen MR) is 100 cm³/mol. The number of rotatable bonds is 6. The molecule has 1 aromatic carbocycles. The fraction of sp³-hybridized carbons (Fsp3) is 0.562. The molecule has 2 rings (SSSR count).